The Morgan fingerprint density at radius 1 is 0.717 bits per heavy atom. The van der Waals surface area contributed by atoms with E-state index >= 15 is 0 Å². The molecular weight excluding hydrogens is 697 g/mol. The lowest BCUT2D eigenvalue weighted by atomic mass is 10.1. The van der Waals surface area contributed by atoms with Crippen LogP contribution in [0.5, 0.6) is 28.7 Å². The second-order valence-electron chi connectivity index (χ2n) is 11.7. The minimum absolute atomic E-state index is 0.101. The Labute approximate surface area is 312 Å². The number of hydrogen-bond donors (Lipinski definition) is 1. The standard InChI is InChI=1S/C41H50NO10P/c1-7-51-53(44,52-8-2)41(33-14-10-9-11-15-33)42-34-22-19-30(20-23-34)13-12-16-39(43)50-26-25-49-36-27-31(21-24-35(36)45-3)17-18-32-28-37(46-4)40(48-6)38(29-32)47-5/h9-11,14-15,17-24,27-29,41-42H,7-8,12-13,16,25-26H2,1-6H3/b18-17-. The summed E-state index contributed by atoms with van der Waals surface area (Å²) in [5.41, 5.74) is 4.38. The third-order valence-electron chi connectivity index (χ3n) is 8.10. The molecule has 4 rings (SSSR count). The first-order valence-electron chi connectivity index (χ1n) is 17.5. The molecule has 0 spiro atoms. The van der Waals surface area contributed by atoms with Gasteiger partial charge in [0.1, 0.15) is 13.2 Å². The number of anilines is 1. The smallest absolute Gasteiger partial charge is 0.357 e. The Balaban J connectivity index is 1.25. The van der Waals surface area contributed by atoms with Gasteiger partial charge in [-0.1, -0.05) is 60.7 Å². The molecule has 11 nitrogen and oxygen atoms in total. The molecule has 1 unspecified atom stereocenters. The van der Waals surface area contributed by atoms with Crippen molar-refractivity contribution >= 4 is 31.4 Å². The SMILES string of the molecule is CCOP(=O)(OCC)C(Nc1ccc(CCCC(=O)OCCOc2cc(/C=C\c3cc(OC)c(OC)c(OC)c3)ccc2OC)cc1)c1ccccc1. The average molecular weight is 748 g/mol. The van der Waals surface area contributed by atoms with E-state index in [1.54, 1.807) is 42.3 Å². The van der Waals surface area contributed by atoms with Crippen molar-refractivity contribution < 1.29 is 46.8 Å². The first kappa shape index (κ1) is 40.8. The summed E-state index contributed by atoms with van der Waals surface area (Å²) in [4.78, 5) is 12.5. The number of ether oxygens (including phenoxy) is 6. The van der Waals surface area contributed by atoms with Gasteiger partial charge < -0.3 is 42.8 Å². The normalized spacial score (nSPS) is 11.9. The third-order valence-corrected chi connectivity index (χ3v) is 10.4. The number of esters is 1. The quantitative estimate of drug-likeness (QED) is 0.0359. The molecule has 0 amide bonds. The summed E-state index contributed by atoms with van der Waals surface area (Å²) in [6.45, 7) is 4.38. The summed E-state index contributed by atoms with van der Waals surface area (Å²) in [6, 6.07) is 26.6. The zero-order chi connectivity index (χ0) is 38.1. The molecule has 4 aromatic rings. The van der Waals surface area contributed by atoms with Crippen LogP contribution in [0.25, 0.3) is 12.2 Å². The van der Waals surface area contributed by atoms with Crippen molar-refractivity contribution in [1.82, 2.24) is 0 Å². The maximum absolute atomic E-state index is 13.7. The average Bonchev–Trinajstić information content (AvgIpc) is 3.18. The number of nitrogens with one attached hydrogen (secondary N) is 1. The molecule has 284 valence electrons. The van der Waals surface area contributed by atoms with E-state index in [-0.39, 0.29) is 38.8 Å². The molecule has 0 fully saturated rings. The summed E-state index contributed by atoms with van der Waals surface area (Å²) >= 11 is 0. The lowest BCUT2D eigenvalue weighted by Gasteiger charge is -2.28. The fraction of sp³-hybridized carbons (Fsp3) is 0.341. The maximum atomic E-state index is 13.7. The fourth-order valence-corrected chi connectivity index (χ4v) is 7.50. The highest BCUT2D eigenvalue weighted by Gasteiger charge is 2.37. The van der Waals surface area contributed by atoms with Crippen molar-refractivity contribution in [2.24, 2.45) is 0 Å². The molecule has 1 N–H and O–H groups in total. The van der Waals surface area contributed by atoms with Crippen molar-refractivity contribution in [2.45, 2.75) is 38.9 Å². The zero-order valence-electron chi connectivity index (χ0n) is 31.3. The summed E-state index contributed by atoms with van der Waals surface area (Å²) in [5.74, 6) is 1.77. The van der Waals surface area contributed by atoms with Crippen molar-refractivity contribution in [3.05, 3.63) is 107 Å². The van der Waals surface area contributed by atoms with E-state index in [9.17, 15) is 9.36 Å². The predicted molar refractivity (Wildman–Crippen MR) is 208 cm³/mol. The number of carbonyl (C=O) groups excluding carboxylic acids is 1. The van der Waals surface area contributed by atoms with Crippen molar-refractivity contribution in [3.8, 4) is 28.7 Å². The van der Waals surface area contributed by atoms with Crippen LogP contribution in [0.4, 0.5) is 5.69 Å². The van der Waals surface area contributed by atoms with Crippen molar-refractivity contribution in [3.63, 3.8) is 0 Å². The molecule has 0 radical (unpaired) electrons. The predicted octanol–water partition coefficient (Wildman–Crippen LogP) is 9.21. The number of rotatable bonds is 22. The summed E-state index contributed by atoms with van der Waals surface area (Å²) in [7, 11) is 2.78. The van der Waals surface area contributed by atoms with Crippen molar-refractivity contribution in [1.29, 1.82) is 0 Å². The Hall–Kier alpha value is -4.96. The van der Waals surface area contributed by atoms with Crippen LogP contribution in [0.15, 0.2) is 84.9 Å². The Morgan fingerprint density at radius 3 is 1.94 bits per heavy atom. The number of aryl methyl sites for hydroxylation is 1. The topological polar surface area (TPSA) is 120 Å². The molecule has 1 atom stereocenters. The lowest BCUT2D eigenvalue weighted by Crippen LogP contribution is -2.15. The van der Waals surface area contributed by atoms with E-state index < -0.39 is 13.4 Å². The van der Waals surface area contributed by atoms with Gasteiger partial charge in [0.25, 0.3) is 0 Å². The van der Waals surface area contributed by atoms with E-state index in [0.29, 0.717) is 41.6 Å². The molecule has 0 saturated heterocycles. The molecule has 0 aliphatic carbocycles. The van der Waals surface area contributed by atoms with E-state index in [4.69, 9.17) is 37.5 Å². The minimum atomic E-state index is -3.50. The molecule has 0 heterocycles. The highest BCUT2D eigenvalue weighted by atomic mass is 31.2. The number of benzene rings is 4. The Morgan fingerprint density at radius 2 is 1.34 bits per heavy atom. The van der Waals surface area contributed by atoms with Crippen LogP contribution in [0.3, 0.4) is 0 Å². The van der Waals surface area contributed by atoms with Gasteiger partial charge >= 0.3 is 13.6 Å². The molecule has 0 saturated carbocycles. The van der Waals surface area contributed by atoms with Gasteiger partial charge in [0.05, 0.1) is 41.7 Å². The number of hydrogen-bond acceptors (Lipinski definition) is 11. The second kappa shape index (κ2) is 20.9. The summed E-state index contributed by atoms with van der Waals surface area (Å²) in [6.07, 6.45) is 5.44. The van der Waals surface area contributed by atoms with Crippen LogP contribution in [0, 0.1) is 0 Å². The molecular formula is C41H50NO10P. The van der Waals surface area contributed by atoms with Gasteiger partial charge in [0.15, 0.2) is 28.8 Å². The lowest BCUT2D eigenvalue weighted by molar-refractivity contribution is -0.144. The van der Waals surface area contributed by atoms with Crippen LogP contribution >= 0.6 is 7.60 Å². The Kier molecular flexibility index (Phi) is 16.1. The van der Waals surface area contributed by atoms with Crippen molar-refractivity contribution in [2.75, 3.05) is 60.2 Å². The molecule has 12 heteroatoms. The van der Waals surface area contributed by atoms with E-state index in [0.717, 1.165) is 27.9 Å². The highest BCUT2D eigenvalue weighted by Crippen LogP contribution is 2.60. The highest BCUT2D eigenvalue weighted by molar-refractivity contribution is 7.54. The molecule has 4 aromatic carbocycles. The minimum Gasteiger partial charge on any atom is -0.493 e. The van der Waals surface area contributed by atoms with Crippen LogP contribution in [-0.4, -0.2) is 60.8 Å². The van der Waals surface area contributed by atoms with Gasteiger partial charge in [-0.05, 0) is 85.3 Å². The van der Waals surface area contributed by atoms with Gasteiger partial charge in [0, 0.05) is 12.1 Å². The van der Waals surface area contributed by atoms with Crippen LogP contribution in [0.2, 0.25) is 0 Å². The van der Waals surface area contributed by atoms with Gasteiger partial charge in [-0.2, -0.15) is 0 Å². The fourth-order valence-electron chi connectivity index (χ4n) is 5.57. The molecule has 0 aliphatic rings. The largest absolute Gasteiger partial charge is 0.493 e. The van der Waals surface area contributed by atoms with E-state index in [2.05, 4.69) is 5.32 Å². The molecule has 0 aromatic heterocycles. The second-order valence-corrected chi connectivity index (χ2v) is 13.8. The number of carbonyl (C=O) groups is 1. The third kappa shape index (κ3) is 11.8. The first-order chi connectivity index (χ1) is 25.8. The van der Waals surface area contributed by atoms with Gasteiger partial charge in [-0.25, -0.2) is 0 Å². The zero-order valence-corrected chi connectivity index (χ0v) is 32.2. The molecule has 53 heavy (non-hydrogen) atoms. The summed E-state index contributed by atoms with van der Waals surface area (Å²) in [5, 5.41) is 3.36. The summed E-state index contributed by atoms with van der Waals surface area (Å²) < 4.78 is 58.2. The van der Waals surface area contributed by atoms with Gasteiger partial charge in [0.2, 0.25) is 5.75 Å². The Bertz CT molecular complexity index is 1780. The molecule has 0 bridgehead atoms. The van der Waals surface area contributed by atoms with E-state index in [1.165, 1.54) is 0 Å². The molecule has 0 aliphatic heterocycles. The van der Waals surface area contributed by atoms with Crippen LogP contribution < -0.4 is 29.0 Å². The van der Waals surface area contributed by atoms with Crippen LogP contribution in [0.1, 0.15) is 54.7 Å². The van der Waals surface area contributed by atoms with Crippen LogP contribution in [-0.2, 0) is 29.6 Å². The first-order valence-corrected chi connectivity index (χ1v) is 19.1. The monoisotopic (exact) mass is 747 g/mol. The van der Waals surface area contributed by atoms with Gasteiger partial charge in [-0.15, -0.1) is 0 Å². The maximum Gasteiger partial charge on any atom is 0.357 e. The van der Waals surface area contributed by atoms with Gasteiger partial charge in [-0.3, -0.25) is 9.36 Å². The van der Waals surface area contributed by atoms with E-state index in [1.807, 2.05) is 97.1 Å². The number of methoxy groups -OCH3 is 4.